The number of anilines is 1. The number of ether oxygens (including phenoxy) is 4. The molecule has 1 amide bonds. The summed E-state index contributed by atoms with van der Waals surface area (Å²) in [5.74, 6) is 0.348. The molecule has 2 aromatic rings. The Morgan fingerprint density at radius 3 is 2.41 bits per heavy atom. The van der Waals surface area contributed by atoms with Gasteiger partial charge in [-0.1, -0.05) is 0 Å². The van der Waals surface area contributed by atoms with Crippen molar-refractivity contribution in [3.63, 3.8) is 0 Å². The fourth-order valence-electron chi connectivity index (χ4n) is 2.85. The molecule has 1 saturated heterocycles. The van der Waals surface area contributed by atoms with E-state index in [-0.39, 0.29) is 6.10 Å². The maximum absolute atomic E-state index is 12.3. The lowest BCUT2D eigenvalue weighted by atomic mass is 10.2. The van der Waals surface area contributed by atoms with Gasteiger partial charge in [-0.2, -0.15) is 0 Å². The number of carbonyl (C=O) groups is 2. The third-order valence-corrected chi connectivity index (χ3v) is 4.56. The lowest BCUT2D eigenvalue weighted by molar-refractivity contribution is -0.123. The van der Waals surface area contributed by atoms with Crippen LogP contribution in [0.25, 0.3) is 0 Å². The Balaban J connectivity index is 1.48. The van der Waals surface area contributed by atoms with E-state index in [2.05, 4.69) is 5.32 Å². The number of amides is 1. The minimum Gasteiger partial charge on any atom is -0.497 e. The fourth-order valence-corrected chi connectivity index (χ4v) is 2.85. The average Bonchev–Trinajstić information content (AvgIpc) is 3.26. The van der Waals surface area contributed by atoms with E-state index in [0.29, 0.717) is 29.4 Å². The van der Waals surface area contributed by atoms with Gasteiger partial charge < -0.3 is 24.3 Å². The minimum atomic E-state index is -0.944. The van der Waals surface area contributed by atoms with Crippen molar-refractivity contribution in [2.75, 3.05) is 25.6 Å². The van der Waals surface area contributed by atoms with Gasteiger partial charge in [-0.05, 0) is 68.3 Å². The van der Waals surface area contributed by atoms with E-state index < -0.39 is 18.0 Å². The molecule has 0 aromatic heterocycles. The Labute approximate surface area is 169 Å². The number of hydrogen-bond acceptors (Lipinski definition) is 6. The first-order valence-corrected chi connectivity index (χ1v) is 9.55. The quantitative estimate of drug-likeness (QED) is 0.685. The molecule has 7 heteroatoms. The van der Waals surface area contributed by atoms with Gasteiger partial charge >= 0.3 is 5.97 Å². The van der Waals surface area contributed by atoms with Crippen molar-refractivity contribution < 1.29 is 28.5 Å². The number of methoxy groups -OCH3 is 1. The van der Waals surface area contributed by atoms with E-state index in [4.69, 9.17) is 18.9 Å². The third kappa shape index (κ3) is 5.96. The zero-order valence-electron chi connectivity index (χ0n) is 16.6. The summed E-state index contributed by atoms with van der Waals surface area (Å²) in [6, 6.07) is 13.5. The molecule has 0 aliphatic carbocycles. The lowest BCUT2D eigenvalue weighted by Gasteiger charge is -2.14. The van der Waals surface area contributed by atoms with Crippen LogP contribution in [0.1, 0.15) is 30.1 Å². The maximum atomic E-state index is 12.3. The highest BCUT2D eigenvalue weighted by molar-refractivity contribution is 5.97. The van der Waals surface area contributed by atoms with Crippen LogP contribution in [0.5, 0.6) is 11.5 Å². The van der Waals surface area contributed by atoms with Gasteiger partial charge in [0, 0.05) is 12.3 Å². The highest BCUT2D eigenvalue weighted by Gasteiger charge is 2.20. The van der Waals surface area contributed by atoms with Crippen molar-refractivity contribution in [2.45, 2.75) is 32.0 Å². The summed E-state index contributed by atoms with van der Waals surface area (Å²) < 4.78 is 21.5. The van der Waals surface area contributed by atoms with Crippen LogP contribution in [0.4, 0.5) is 5.69 Å². The number of hydrogen-bond donors (Lipinski definition) is 1. The maximum Gasteiger partial charge on any atom is 0.338 e. The van der Waals surface area contributed by atoms with E-state index in [1.165, 1.54) is 6.92 Å². The Bertz CT molecular complexity index is 812. The number of carbonyl (C=O) groups excluding carboxylic acids is 2. The summed E-state index contributed by atoms with van der Waals surface area (Å²) in [6.45, 7) is 2.80. The average molecular weight is 399 g/mol. The molecule has 0 saturated carbocycles. The summed E-state index contributed by atoms with van der Waals surface area (Å²) in [4.78, 5) is 24.5. The second kappa shape index (κ2) is 9.93. The highest BCUT2D eigenvalue weighted by atomic mass is 16.5. The molecular formula is C22H25NO6. The molecule has 2 atom stereocenters. The van der Waals surface area contributed by atoms with Gasteiger partial charge in [-0.25, -0.2) is 4.79 Å². The summed E-state index contributed by atoms with van der Waals surface area (Å²) in [7, 11) is 1.57. The van der Waals surface area contributed by atoms with Crippen LogP contribution in [0.3, 0.4) is 0 Å². The molecule has 2 aromatic carbocycles. The molecule has 1 fully saturated rings. The number of benzene rings is 2. The lowest BCUT2D eigenvalue weighted by Crippen LogP contribution is -2.30. The molecule has 7 nitrogen and oxygen atoms in total. The first kappa shape index (κ1) is 20.7. The van der Waals surface area contributed by atoms with Crippen LogP contribution in [0.15, 0.2) is 48.5 Å². The van der Waals surface area contributed by atoms with Crippen LogP contribution < -0.4 is 14.8 Å². The zero-order valence-corrected chi connectivity index (χ0v) is 16.6. The predicted molar refractivity (Wildman–Crippen MR) is 107 cm³/mol. The Morgan fingerprint density at radius 1 is 1.10 bits per heavy atom. The van der Waals surface area contributed by atoms with Crippen LogP contribution in [0, 0.1) is 0 Å². The van der Waals surface area contributed by atoms with Crippen molar-refractivity contribution >= 4 is 17.6 Å². The van der Waals surface area contributed by atoms with Crippen LogP contribution >= 0.6 is 0 Å². The van der Waals surface area contributed by atoms with Crippen molar-refractivity contribution in [2.24, 2.45) is 0 Å². The van der Waals surface area contributed by atoms with Gasteiger partial charge in [0.05, 0.1) is 18.8 Å². The zero-order chi connectivity index (χ0) is 20.6. The summed E-state index contributed by atoms with van der Waals surface area (Å²) >= 11 is 0. The van der Waals surface area contributed by atoms with E-state index in [1.807, 2.05) is 0 Å². The number of esters is 1. The second-order valence-electron chi connectivity index (χ2n) is 6.74. The molecule has 0 spiro atoms. The highest BCUT2D eigenvalue weighted by Crippen LogP contribution is 2.18. The van der Waals surface area contributed by atoms with E-state index >= 15 is 0 Å². The first-order chi connectivity index (χ1) is 14.0. The van der Waals surface area contributed by atoms with E-state index in [1.54, 1.807) is 55.6 Å². The Morgan fingerprint density at radius 2 is 1.79 bits per heavy atom. The smallest absolute Gasteiger partial charge is 0.338 e. The molecule has 154 valence electrons. The van der Waals surface area contributed by atoms with Gasteiger partial charge in [0.25, 0.3) is 5.91 Å². The molecule has 0 unspecified atom stereocenters. The summed E-state index contributed by atoms with van der Waals surface area (Å²) in [5.41, 5.74) is 0.935. The topological polar surface area (TPSA) is 83.1 Å². The largest absolute Gasteiger partial charge is 0.497 e. The monoisotopic (exact) mass is 399 g/mol. The standard InChI is InChI=1S/C22H25NO6/c1-15(21(24)23-17-7-11-18(26-2)12-8-17)29-22(25)16-5-9-19(10-6-16)28-14-20-4-3-13-27-20/h5-12,15,20H,3-4,13-14H2,1-2H3,(H,23,24)/t15-,20-/m1/s1. The van der Waals surface area contributed by atoms with Crippen molar-refractivity contribution in [3.8, 4) is 11.5 Å². The molecule has 1 N–H and O–H groups in total. The second-order valence-corrected chi connectivity index (χ2v) is 6.74. The van der Waals surface area contributed by atoms with Gasteiger partial charge in [0.1, 0.15) is 18.1 Å². The van der Waals surface area contributed by atoms with Crippen LogP contribution in [0.2, 0.25) is 0 Å². The van der Waals surface area contributed by atoms with Crippen LogP contribution in [-0.2, 0) is 14.3 Å². The molecule has 1 aliphatic rings. The van der Waals surface area contributed by atoms with Gasteiger partial charge in [-0.3, -0.25) is 4.79 Å². The molecule has 29 heavy (non-hydrogen) atoms. The van der Waals surface area contributed by atoms with Gasteiger partial charge in [0.15, 0.2) is 6.10 Å². The van der Waals surface area contributed by atoms with Crippen molar-refractivity contribution in [1.29, 1.82) is 0 Å². The third-order valence-electron chi connectivity index (χ3n) is 4.56. The predicted octanol–water partition coefficient (Wildman–Crippen LogP) is 3.44. The first-order valence-electron chi connectivity index (χ1n) is 9.55. The van der Waals surface area contributed by atoms with Crippen LogP contribution in [-0.4, -0.2) is 44.4 Å². The van der Waals surface area contributed by atoms with Gasteiger partial charge in [-0.15, -0.1) is 0 Å². The number of nitrogens with one attached hydrogen (secondary N) is 1. The SMILES string of the molecule is COc1ccc(NC(=O)[C@@H](C)OC(=O)c2ccc(OC[C@H]3CCCO3)cc2)cc1. The van der Waals surface area contributed by atoms with E-state index in [9.17, 15) is 9.59 Å². The minimum absolute atomic E-state index is 0.129. The Kier molecular flexibility index (Phi) is 7.08. The summed E-state index contributed by atoms with van der Waals surface area (Å²) in [6.07, 6.45) is 1.24. The molecule has 0 bridgehead atoms. The fraction of sp³-hybridized carbons (Fsp3) is 0.364. The van der Waals surface area contributed by atoms with Gasteiger partial charge in [0.2, 0.25) is 0 Å². The summed E-state index contributed by atoms with van der Waals surface area (Å²) in [5, 5.41) is 2.70. The Hall–Kier alpha value is -3.06. The number of rotatable bonds is 8. The van der Waals surface area contributed by atoms with Crippen molar-refractivity contribution in [1.82, 2.24) is 0 Å². The normalized spacial score (nSPS) is 16.7. The molecule has 3 rings (SSSR count). The van der Waals surface area contributed by atoms with E-state index in [0.717, 1.165) is 19.4 Å². The molecule has 1 aliphatic heterocycles. The molecular weight excluding hydrogens is 374 g/mol. The molecule has 1 heterocycles. The van der Waals surface area contributed by atoms with Crippen molar-refractivity contribution in [3.05, 3.63) is 54.1 Å². The molecule has 0 radical (unpaired) electrons.